The molecule has 1 amide bonds. The maximum Gasteiger partial charge on any atom is 0.255 e. The van der Waals surface area contributed by atoms with Crippen LogP contribution in [0.25, 0.3) is 0 Å². The molecule has 2 rings (SSSR count). The first-order valence-electron chi connectivity index (χ1n) is 6.19. The summed E-state index contributed by atoms with van der Waals surface area (Å²) in [5.41, 5.74) is 0.506. The van der Waals surface area contributed by atoms with Crippen LogP contribution in [0.3, 0.4) is 0 Å². The average Bonchev–Trinajstić information content (AvgIpc) is 2.46. The minimum atomic E-state index is -0.320. The lowest BCUT2D eigenvalue weighted by atomic mass is 10.2. The van der Waals surface area contributed by atoms with Crippen molar-refractivity contribution < 1.29 is 19.4 Å². The molecular formula is C13H18N2O4. The van der Waals surface area contributed by atoms with Crippen molar-refractivity contribution in [1.29, 1.82) is 0 Å². The molecule has 0 aliphatic carbocycles. The molecule has 1 N–H and O–H groups in total. The third-order valence-corrected chi connectivity index (χ3v) is 3.01. The molecule has 19 heavy (non-hydrogen) atoms. The van der Waals surface area contributed by atoms with Crippen molar-refractivity contribution in [3.05, 3.63) is 23.9 Å². The molecule has 104 valence electrons. The third kappa shape index (κ3) is 3.21. The minimum Gasteiger partial charge on any atom is -0.481 e. The summed E-state index contributed by atoms with van der Waals surface area (Å²) in [6, 6.07) is 3.34. The van der Waals surface area contributed by atoms with E-state index >= 15 is 0 Å². The number of nitrogens with zero attached hydrogens (tertiary/aromatic N) is 2. The number of hydrogen-bond acceptors (Lipinski definition) is 5. The monoisotopic (exact) mass is 266 g/mol. The van der Waals surface area contributed by atoms with E-state index in [4.69, 9.17) is 14.6 Å². The predicted molar refractivity (Wildman–Crippen MR) is 68.1 cm³/mol. The van der Waals surface area contributed by atoms with Crippen LogP contribution in [-0.2, 0) is 4.74 Å². The molecule has 6 heteroatoms. The molecular weight excluding hydrogens is 248 g/mol. The summed E-state index contributed by atoms with van der Waals surface area (Å²) < 4.78 is 10.5. The van der Waals surface area contributed by atoms with Crippen molar-refractivity contribution in [2.24, 2.45) is 0 Å². The lowest BCUT2D eigenvalue weighted by molar-refractivity contribution is -0.0858. The third-order valence-electron chi connectivity index (χ3n) is 3.01. The molecule has 0 saturated carbocycles. The van der Waals surface area contributed by atoms with Gasteiger partial charge in [0.2, 0.25) is 5.88 Å². The van der Waals surface area contributed by atoms with Crippen molar-refractivity contribution in [3.8, 4) is 5.88 Å². The van der Waals surface area contributed by atoms with E-state index in [0.717, 1.165) is 0 Å². The maximum absolute atomic E-state index is 12.3. The van der Waals surface area contributed by atoms with Gasteiger partial charge in [0.25, 0.3) is 5.91 Å². The van der Waals surface area contributed by atoms with E-state index in [1.165, 1.54) is 13.3 Å². The Morgan fingerprint density at radius 3 is 2.95 bits per heavy atom. The number of aromatic nitrogens is 1. The van der Waals surface area contributed by atoms with E-state index in [-0.39, 0.29) is 24.7 Å². The van der Waals surface area contributed by atoms with Crippen molar-refractivity contribution in [3.63, 3.8) is 0 Å². The Kier molecular flexibility index (Phi) is 4.34. The first kappa shape index (κ1) is 13.8. The van der Waals surface area contributed by atoms with Crippen LogP contribution in [0.15, 0.2) is 18.3 Å². The second-order valence-corrected chi connectivity index (χ2v) is 4.55. The molecule has 2 heterocycles. The van der Waals surface area contributed by atoms with Crippen LogP contribution >= 0.6 is 0 Å². The molecule has 0 radical (unpaired) electrons. The molecule has 1 fully saturated rings. The van der Waals surface area contributed by atoms with Crippen LogP contribution in [0.1, 0.15) is 17.3 Å². The van der Waals surface area contributed by atoms with Gasteiger partial charge in [-0.25, -0.2) is 4.98 Å². The Balaban J connectivity index is 2.09. The molecule has 0 spiro atoms. The van der Waals surface area contributed by atoms with Crippen LogP contribution in [0, 0.1) is 0 Å². The van der Waals surface area contributed by atoms with Crippen LogP contribution in [0.4, 0.5) is 0 Å². The fourth-order valence-corrected chi connectivity index (χ4v) is 2.12. The van der Waals surface area contributed by atoms with Gasteiger partial charge < -0.3 is 19.5 Å². The minimum absolute atomic E-state index is 0.0824. The smallest absolute Gasteiger partial charge is 0.255 e. The zero-order chi connectivity index (χ0) is 13.8. The first-order chi connectivity index (χ1) is 9.13. The first-order valence-corrected chi connectivity index (χ1v) is 6.19. The number of aliphatic hydroxyl groups is 1. The molecule has 1 aliphatic rings. The molecule has 1 aliphatic heterocycles. The Hall–Kier alpha value is -1.66. The number of ether oxygens (including phenoxy) is 2. The summed E-state index contributed by atoms with van der Waals surface area (Å²) in [6.45, 7) is 2.70. The van der Waals surface area contributed by atoms with E-state index in [2.05, 4.69) is 4.98 Å². The van der Waals surface area contributed by atoms with Gasteiger partial charge in [0.1, 0.15) is 0 Å². The second-order valence-electron chi connectivity index (χ2n) is 4.55. The largest absolute Gasteiger partial charge is 0.481 e. The highest BCUT2D eigenvalue weighted by molar-refractivity contribution is 5.94. The zero-order valence-electron chi connectivity index (χ0n) is 11.1. The summed E-state index contributed by atoms with van der Waals surface area (Å²) >= 11 is 0. The normalized spacial score (nSPS) is 23.2. The lowest BCUT2D eigenvalue weighted by Gasteiger charge is -2.36. The fourth-order valence-electron chi connectivity index (χ4n) is 2.12. The van der Waals surface area contributed by atoms with Crippen LogP contribution in [-0.4, -0.2) is 59.9 Å². The molecule has 0 aromatic carbocycles. The summed E-state index contributed by atoms with van der Waals surface area (Å²) in [5, 5.41) is 9.16. The number of carbonyl (C=O) groups is 1. The number of rotatable bonds is 3. The van der Waals surface area contributed by atoms with Crippen molar-refractivity contribution in [2.45, 2.75) is 19.1 Å². The van der Waals surface area contributed by atoms with E-state index in [9.17, 15) is 4.79 Å². The summed E-state index contributed by atoms with van der Waals surface area (Å²) in [4.78, 5) is 18.0. The number of pyridine rings is 1. The molecule has 2 unspecified atom stereocenters. The maximum atomic E-state index is 12.3. The van der Waals surface area contributed by atoms with Gasteiger partial charge in [-0.3, -0.25) is 4.79 Å². The Morgan fingerprint density at radius 2 is 2.37 bits per heavy atom. The van der Waals surface area contributed by atoms with E-state index < -0.39 is 0 Å². The molecule has 6 nitrogen and oxygen atoms in total. The number of hydrogen-bond donors (Lipinski definition) is 1. The van der Waals surface area contributed by atoms with Crippen molar-refractivity contribution >= 4 is 5.91 Å². The molecule has 1 saturated heterocycles. The fraction of sp³-hybridized carbons (Fsp3) is 0.538. The summed E-state index contributed by atoms with van der Waals surface area (Å²) in [5.74, 6) is 0.365. The molecule has 0 bridgehead atoms. The topological polar surface area (TPSA) is 71.9 Å². The van der Waals surface area contributed by atoms with Gasteiger partial charge in [0.15, 0.2) is 0 Å². The van der Waals surface area contributed by atoms with Crippen molar-refractivity contribution in [1.82, 2.24) is 9.88 Å². The standard InChI is InChI=1S/C13H18N2O4/c1-9-6-15(7-11(8-16)19-9)13(17)10-3-4-12(18-2)14-5-10/h3-5,9,11,16H,6-8H2,1-2H3. The van der Waals surface area contributed by atoms with Gasteiger partial charge in [-0.15, -0.1) is 0 Å². The van der Waals surface area contributed by atoms with Gasteiger partial charge >= 0.3 is 0 Å². The average molecular weight is 266 g/mol. The van der Waals surface area contributed by atoms with Crippen LogP contribution in [0.5, 0.6) is 5.88 Å². The number of amides is 1. The van der Waals surface area contributed by atoms with Gasteiger partial charge in [-0.2, -0.15) is 0 Å². The molecule has 1 aromatic rings. The quantitative estimate of drug-likeness (QED) is 0.852. The second kappa shape index (κ2) is 5.99. The van der Waals surface area contributed by atoms with Gasteiger partial charge in [0, 0.05) is 25.4 Å². The SMILES string of the molecule is COc1ccc(C(=O)N2CC(C)OC(CO)C2)cn1. The summed E-state index contributed by atoms with van der Waals surface area (Å²) in [7, 11) is 1.53. The summed E-state index contributed by atoms with van der Waals surface area (Å²) in [6.07, 6.45) is 1.09. The lowest BCUT2D eigenvalue weighted by Crippen LogP contribution is -2.50. The number of morpholine rings is 1. The van der Waals surface area contributed by atoms with Crippen LogP contribution in [0.2, 0.25) is 0 Å². The van der Waals surface area contributed by atoms with E-state index in [1.54, 1.807) is 17.0 Å². The van der Waals surface area contributed by atoms with E-state index in [0.29, 0.717) is 24.5 Å². The Bertz CT molecular complexity index is 435. The van der Waals surface area contributed by atoms with Crippen LogP contribution < -0.4 is 4.74 Å². The number of methoxy groups -OCH3 is 1. The van der Waals surface area contributed by atoms with E-state index in [1.807, 2.05) is 6.92 Å². The highest BCUT2D eigenvalue weighted by Crippen LogP contribution is 2.15. The predicted octanol–water partition coefficient (Wildman–Crippen LogP) is 0.312. The Labute approximate surface area is 112 Å². The Morgan fingerprint density at radius 1 is 1.58 bits per heavy atom. The zero-order valence-corrected chi connectivity index (χ0v) is 11.1. The van der Waals surface area contributed by atoms with Gasteiger partial charge in [-0.1, -0.05) is 0 Å². The molecule has 2 atom stereocenters. The highest BCUT2D eigenvalue weighted by Gasteiger charge is 2.28. The number of aliphatic hydroxyl groups excluding tert-OH is 1. The highest BCUT2D eigenvalue weighted by atomic mass is 16.5. The van der Waals surface area contributed by atoms with Gasteiger partial charge in [0.05, 0.1) is 31.5 Å². The number of carbonyl (C=O) groups excluding carboxylic acids is 1. The molecule has 1 aromatic heterocycles. The van der Waals surface area contributed by atoms with Gasteiger partial charge in [-0.05, 0) is 13.0 Å². The van der Waals surface area contributed by atoms with Crippen molar-refractivity contribution in [2.75, 3.05) is 26.8 Å².